The molecule has 0 radical (unpaired) electrons. The monoisotopic (exact) mass is 511 g/mol. The highest BCUT2D eigenvalue weighted by molar-refractivity contribution is 9.10. The summed E-state index contributed by atoms with van der Waals surface area (Å²) < 4.78 is 17.6. The minimum absolute atomic E-state index is 0.173. The first-order valence-corrected chi connectivity index (χ1v) is 10.9. The zero-order valence-corrected chi connectivity index (χ0v) is 19.7. The maximum atomic E-state index is 12.3. The van der Waals surface area contributed by atoms with Crippen LogP contribution in [0.15, 0.2) is 75.8 Å². The Morgan fingerprint density at radius 3 is 2.62 bits per heavy atom. The van der Waals surface area contributed by atoms with Gasteiger partial charge in [0.15, 0.2) is 17.2 Å². The zero-order valence-electron chi connectivity index (χ0n) is 17.4. The van der Waals surface area contributed by atoms with E-state index in [0.29, 0.717) is 34.3 Å². The molecule has 3 aromatic carbocycles. The number of aryl methyl sites for hydroxylation is 1. The van der Waals surface area contributed by atoms with Crippen molar-refractivity contribution in [1.82, 2.24) is 0 Å². The number of benzene rings is 3. The van der Waals surface area contributed by atoms with E-state index in [9.17, 15) is 4.79 Å². The van der Waals surface area contributed by atoms with Crippen LogP contribution in [-0.2, 0) is 16.1 Å². The lowest BCUT2D eigenvalue weighted by Gasteiger charge is -2.13. The quantitative estimate of drug-likeness (QED) is 0.285. The van der Waals surface area contributed by atoms with Crippen molar-refractivity contribution >= 4 is 45.5 Å². The third kappa shape index (κ3) is 5.03. The van der Waals surface area contributed by atoms with Crippen LogP contribution in [0.4, 0.5) is 0 Å². The van der Waals surface area contributed by atoms with Crippen LogP contribution in [0.25, 0.3) is 6.08 Å². The predicted octanol–water partition coefficient (Wildman–Crippen LogP) is 6.34. The van der Waals surface area contributed by atoms with Gasteiger partial charge in [0.05, 0.1) is 12.1 Å². The SMILES string of the molecule is COc1cc(/C=C2\N=C(c3cccc(Br)c3)OC2=O)cc(Cl)c1OCc1ccc(C)cc1. The number of cyclic esters (lactones) is 1. The van der Waals surface area contributed by atoms with Gasteiger partial charge < -0.3 is 14.2 Å². The van der Waals surface area contributed by atoms with Crippen LogP contribution in [0, 0.1) is 6.92 Å². The van der Waals surface area contributed by atoms with Gasteiger partial charge in [0, 0.05) is 10.0 Å². The Bertz CT molecular complexity index is 1240. The van der Waals surface area contributed by atoms with Crippen LogP contribution in [0.3, 0.4) is 0 Å². The molecule has 0 atom stereocenters. The van der Waals surface area contributed by atoms with Crippen molar-refractivity contribution in [2.75, 3.05) is 7.11 Å². The summed E-state index contributed by atoms with van der Waals surface area (Å²) in [5, 5.41) is 0.367. The molecule has 0 bridgehead atoms. The number of methoxy groups -OCH3 is 1. The molecule has 0 aromatic heterocycles. The highest BCUT2D eigenvalue weighted by atomic mass is 79.9. The lowest BCUT2D eigenvalue weighted by molar-refractivity contribution is -0.129. The number of hydrogen-bond donors (Lipinski definition) is 0. The number of carbonyl (C=O) groups excluding carboxylic acids is 1. The summed E-state index contributed by atoms with van der Waals surface area (Å²) in [6.07, 6.45) is 1.60. The molecule has 1 heterocycles. The molecule has 0 aliphatic carbocycles. The molecule has 32 heavy (non-hydrogen) atoms. The minimum Gasteiger partial charge on any atom is -0.493 e. The van der Waals surface area contributed by atoms with E-state index in [0.717, 1.165) is 10.0 Å². The van der Waals surface area contributed by atoms with Crippen molar-refractivity contribution in [3.63, 3.8) is 0 Å². The minimum atomic E-state index is -0.533. The average Bonchev–Trinajstić information content (AvgIpc) is 3.14. The molecule has 0 saturated carbocycles. The van der Waals surface area contributed by atoms with Gasteiger partial charge in [-0.25, -0.2) is 9.79 Å². The summed E-state index contributed by atoms with van der Waals surface area (Å²) in [6.45, 7) is 2.38. The fraction of sp³-hybridized carbons (Fsp3) is 0.120. The molecule has 162 valence electrons. The number of rotatable bonds is 6. The maximum Gasteiger partial charge on any atom is 0.363 e. The summed E-state index contributed by atoms with van der Waals surface area (Å²) in [6, 6.07) is 18.9. The third-order valence-corrected chi connectivity index (χ3v) is 5.53. The van der Waals surface area contributed by atoms with E-state index < -0.39 is 5.97 Å². The van der Waals surface area contributed by atoms with Crippen molar-refractivity contribution in [1.29, 1.82) is 0 Å². The molecule has 0 fully saturated rings. The summed E-state index contributed by atoms with van der Waals surface area (Å²) in [4.78, 5) is 16.7. The van der Waals surface area contributed by atoms with Crippen LogP contribution in [0.1, 0.15) is 22.3 Å². The van der Waals surface area contributed by atoms with E-state index in [2.05, 4.69) is 20.9 Å². The number of halogens is 2. The Morgan fingerprint density at radius 1 is 1.12 bits per heavy atom. The number of carbonyl (C=O) groups is 1. The fourth-order valence-electron chi connectivity index (χ4n) is 3.12. The van der Waals surface area contributed by atoms with Crippen LogP contribution >= 0.6 is 27.5 Å². The Kier molecular flexibility index (Phi) is 6.63. The standard InChI is InChI=1S/C25H19BrClNO4/c1-15-6-8-16(9-7-15)14-31-23-20(27)10-17(12-22(23)30-2)11-21-25(29)32-24(28-21)18-4-3-5-19(26)13-18/h3-13H,14H2,1-2H3/b21-11-. The first-order chi connectivity index (χ1) is 15.4. The van der Waals surface area contributed by atoms with Crippen LogP contribution in [-0.4, -0.2) is 19.0 Å². The third-order valence-electron chi connectivity index (χ3n) is 4.75. The Morgan fingerprint density at radius 2 is 1.91 bits per heavy atom. The second kappa shape index (κ2) is 9.59. The van der Waals surface area contributed by atoms with Crippen molar-refractivity contribution < 1.29 is 19.0 Å². The van der Waals surface area contributed by atoms with Gasteiger partial charge in [-0.1, -0.05) is 63.4 Å². The second-order valence-corrected chi connectivity index (χ2v) is 8.48. The van der Waals surface area contributed by atoms with Crippen LogP contribution in [0.2, 0.25) is 5.02 Å². The number of esters is 1. The Balaban J connectivity index is 1.59. The zero-order chi connectivity index (χ0) is 22.7. The lowest BCUT2D eigenvalue weighted by Crippen LogP contribution is -2.05. The van der Waals surface area contributed by atoms with Crippen molar-refractivity contribution in [3.05, 3.63) is 98.1 Å². The summed E-state index contributed by atoms with van der Waals surface area (Å²) >= 11 is 9.88. The molecule has 0 N–H and O–H groups in total. The Hall–Kier alpha value is -3.09. The van der Waals surface area contributed by atoms with Crippen molar-refractivity contribution in [3.8, 4) is 11.5 Å². The van der Waals surface area contributed by atoms with Crippen molar-refractivity contribution in [2.45, 2.75) is 13.5 Å². The van der Waals surface area contributed by atoms with Gasteiger partial charge in [-0.05, 0) is 54.5 Å². The largest absolute Gasteiger partial charge is 0.493 e. The van der Waals surface area contributed by atoms with E-state index in [1.807, 2.05) is 55.5 Å². The molecule has 0 saturated heterocycles. The number of ether oxygens (including phenoxy) is 3. The van der Waals surface area contributed by atoms with E-state index in [4.69, 9.17) is 25.8 Å². The van der Waals surface area contributed by atoms with Gasteiger partial charge in [-0.2, -0.15) is 0 Å². The van der Waals surface area contributed by atoms with Gasteiger partial charge in [-0.3, -0.25) is 0 Å². The highest BCUT2D eigenvalue weighted by Crippen LogP contribution is 2.38. The average molecular weight is 513 g/mol. The first-order valence-electron chi connectivity index (χ1n) is 9.77. The van der Waals surface area contributed by atoms with E-state index >= 15 is 0 Å². The van der Waals surface area contributed by atoms with E-state index in [1.54, 1.807) is 18.2 Å². The van der Waals surface area contributed by atoms with Gasteiger partial charge >= 0.3 is 5.97 Å². The number of aliphatic imine (C=N–C) groups is 1. The molecule has 4 rings (SSSR count). The smallest absolute Gasteiger partial charge is 0.363 e. The van der Waals surface area contributed by atoms with Crippen LogP contribution < -0.4 is 9.47 Å². The molecule has 1 aliphatic rings. The second-order valence-electron chi connectivity index (χ2n) is 7.15. The topological polar surface area (TPSA) is 57.1 Å². The number of nitrogens with zero attached hydrogens (tertiary/aromatic N) is 1. The molecule has 3 aromatic rings. The van der Waals surface area contributed by atoms with Gasteiger partial charge in [0.1, 0.15) is 6.61 Å². The fourth-order valence-corrected chi connectivity index (χ4v) is 3.79. The van der Waals surface area contributed by atoms with E-state index in [-0.39, 0.29) is 11.6 Å². The van der Waals surface area contributed by atoms with Gasteiger partial charge in [-0.15, -0.1) is 0 Å². The molecular formula is C25H19BrClNO4. The summed E-state index contributed by atoms with van der Waals surface area (Å²) in [7, 11) is 1.54. The van der Waals surface area contributed by atoms with Gasteiger partial charge in [0.2, 0.25) is 5.90 Å². The summed E-state index contributed by atoms with van der Waals surface area (Å²) in [5.74, 6) is 0.608. The highest BCUT2D eigenvalue weighted by Gasteiger charge is 2.24. The first kappa shape index (κ1) is 22.1. The number of hydrogen-bond acceptors (Lipinski definition) is 5. The van der Waals surface area contributed by atoms with Crippen LogP contribution in [0.5, 0.6) is 11.5 Å². The summed E-state index contributed by atoms with van der Waals surface area (Å²) in [5.41, 5.74) is 3.71. The lowest BCUT2D eigenvalue weighted by atomic mass is 10.1. The molecule has 1 aliphatic heterocycles. The Labute approximate surface area is 199 Å². The van der Waals surface area contributed by atoms with Gasteiger partial charge in [0.25, 0.3) is 0 Å². The van der Waals surface area contributed by atoms with E-state index in [1.165, 1.54) is 12.7 Å². The predicted molar refractivity (Wildman–Crippen MR) is 128 cm³/mol. The normalized spacial score (nSPS) is 14.3. The molecule has 7 heteroatoms. The molecule has 0 amide bonds. The molecule has 5 nitrogen and oxygen atoms in total. The molecule has 0 unspecified atom stereocenters. The van der Waals surface area contributed by atoms with Crippen molar-refractivity contribution in [2.24, 2.45) is 4.99 Å². The molecular weight excluding hydrogens is 494 g/mol. The molecule has 0 spiro atoms. The maximum absolute atomic E-state index is 12.3.